The SMILES string of the molecule is Cc1ccc(C(O)c2sccc2Br)cc1Br. The molecule has 16 heavy (non-hydrogen) atoms. The Bertz CT molecular complexity index is 507. The molecule has 0 saturated carbocycles. The van der Waals surface area contributed by atoms with Gasteiger partial charge in [-0.2, -0.15) is 0 Å². The van der Waals surface area contributed by atoms with E-state index in [4.69, 9.17) is 0 Å². The predicted octanol–water partition coefficient (Wildman–Crippen LogP) is 4.66. The predicted molar refractivity (Wildman–Crippen MR) is 75.0 cm³/mol. The van der Waals surface area contributed by atoms with Crippen LogP contribution in [0.25, 0.3) is 0 Å². The van der Waals surface area contributed by atoms with E-state index in [1.807, 2.05) is 36.6 Å². The number of aryl methyl sites for hydroxylation is 1. The maximum atomic E-state index is 10.2. The lowest BCUT2D eigenvalue weighted by Gasteiger charge is -2.11. The van der Waals surface area contributed by atoms with E-state index in [0.717, 1.165) is 19.4 Å². The molecule has 0 aliphatic carbocycles. The Balaban J connectivity index is 2.38. The van der Waals surface area contributed by atoms with Crippen LogP contribution in [-0.4, -0.2) is 5.11 Å². The van der Waals surface area contributed by atoms with Crippen molar-refractivity contribution in [3.05, 3.63) is 54.6 Å². The molecule has 1 heterocycles. The number of hydrogen-bond acceptors (Lipinski definition) is 2. The molecule has 0 bridgehead atoms. The quantitative estimate of drug-likeness (QED) is 0.824. The highest BCUT2D eigenvalue weighted by atomic mass is 79.9. The topological polar surface area (TPSA) is 20.2 Å². The third-order valence-electron chi connectivity index (χ3n) is 2.40. The normalized spacial score (nSPS) is 12.8. The molecular weight excluding hydrogens is 352 g/mol. The first kappa shape index (κ1) is 12.3. The number of benzene rings is 1. The monoisotopic (exact) mass is 360 g/mol. The maximum Gasteiger partial charge on any atom is 0.114 e. The summed E-state index contributed by atoms with van der Waals surface area (Å²) >= 11 is 8.46. The van der Waals surface area contributed by atoms with E-state index in [9.17, 15) is 5.11 Å². The maximum absolute atomic E-state index is 10.2. The molecule has 1 nitrogen and oxygen atoms in total. The average Bonchev–Trinajstić information content (AvgIpc) is 2.67. The van der Waals surface area contributed by atoms with Crippen LogP contribution in [0.15, 0.2) is 38.6 Å². The fourth-order valence-corrected chi connectivity index (χ4v) is 3.43. The molecule has 0 aliphatic rings. The summed E-state index contributed by atoms with van der Waals surface area (Å²) in [6, 6.07) is 7.87. The van der Waals surface area contributed by atoms with Crippen molar-refractivity contribution in [2.75, 3.05) is 0 Å². The lowest BCUT2D eigenvalue weighted by atomic mass is 10.1. The Hall–Kier alpha value is -0.160. The number of thiophene rings is 1. The van der Waals surface area contributed by atoms with Gasteiger partial charge < -0.3 is 5.11 Å². The first-order valence-corrected chi connectivity index (χ1v) is 7.23. The second-order valence-corrected chi connectivity index (χ2v) is 6.20. The van der Waals surface area contributed by atoms with Gasteiger partial charge in [0.1, 0.15) is 6.10 Å². The Morgan fingerprint density at radius 3 is 2.50 bits per heavy atom. The fourth-order valence-electron chi connectivity index (χ4n) is 1.43. The molecule has 0 spiro atoms. The van der Waals surface area contributed by atoms with Crippen LogP contribution in [-0.2, 0) is 0 Å². The van der Waals surface area contributed by atoms with Crippen LogP contribution in [0.1, 0.15) is 22.1 Å². The van der Waals surface area contributed by atoms with Crippen molar-refractivity contribution >= 4 is 43.2 Å². The van der Waals surface area contributed by atoms with Gasteiger partial charge in [0.2, 0.25) is 0 Å². The van der Waals surface area contributed by atoms with Crippen LogP contribution in [0.3, 0.4) is 0 Å². The summed E-state index contributed by atoms with van der Waals surface area (Å²) in [7, 11) is 0. The van der Waals surface area contributed by atoms with Crippen molar-refractivity contribution in [1.29, 1.82) is 0 Å². The van der Waals surface area contributed by atoms with Gasteiger partial charge in [0.25, 0.3) is 0 Å². The molecule has 0 radical (unpaired) electrons. The highest BCUT2D eigenvalue weighted by Crippen LogP contribution is 2.34. The van der Waals surface area contributed by atoms with E-state index in [1.54, 1.807) is 11.3 Å². The minimum Gasteiger partial charge on any atom is -0.383 e. The van der Waals surface area contributed by atoms with Gasteiger partial charge in [0.15, 0.2) is 0 Å². The van der Waals surface area contributed by atoms with E-state index in [-0.39, 0.29) is 0 Å². The summed E-state index contributed by atoms with van der Waals surface area (Å²) in [5.74, 6) is 0. The molecule has 0 aliphatic heterocycles. The van der Waals surface area contributed by atoms with Gasteiger partial charge in [-0.25, -0.2) is 0 Å². The van der Waals surface area contributed by atoms with Crippen molar-refractivity contribution in [3.63, 3.8) is 0 Å². The highest BCUT2D eigenvalue weighted by molar-refractivity contribution is 9.10. The average molecular weight is 362 g/mol. The fraction of sp³-hybridized carbons (Fsp3) is 0.167. The number of hydrogen-bond donors (Lipinski definition) is 1. The van der Waals surface area contributed by atoms with E-state index >= 15 is 0 Å². The van der Waals surface area contributed by atoms with Gasteiger partial charge >= 0.3 is 0 Å². The molecule has 1 aromatic heterocycles. The molecule has 0 amide bonds. The van der Waals surface area contributed by atoms with Crippen LogP contribution in [0.2, 0.25) is 0 Å². The van der Waals surface area contributed by atoms with Crippen molar-refractivity contribution in [3.8, 4) is 0 Å². The zero-order valence-electron chi connectivity index (χ0n) is 8.58. The summed E-state index contributed by atoms with van der Waals surface area (Å²) in [4.78, 5) is 0.941. The van der Waals surface area contributed by atoms with E-state index < -0.39 is 6.10 Å². The molecule has 1 N–H and O–H groups in total. The molecule has 0 fully saturated rings. The van der Waals surface area contributed by atoms with Crippen molar-refractivity contribution in [1.82, 2.24) is 0 Å². The van der Waals surface area contributed by atoms with Crippen molar-refractivity contribution < 1.29 is 5.11 Å². The lowest BCUT2D eigenvalue weighted by Crippen LogP contribution is -1.98. The molecule has 1 aromatic carbocycles. The Morgan fingerprint density at radius 2 is 1.94 bits per heavy atom. The van der Waals surface area contributed by atoms with Crippen LogP contribution >= 0.6 is 43.2 Å². The van der Waals surface area contributed by atoms with Gasteiger partial charge in [0, 0.05) is 8.95 Å². The molecular formula is C12H10Br2OS. The minimum absolute atomic E-state index is 0.564. The van der Waals surface area contributed by atoms with Gasteiger partial charge in [-0.05, 0) is 51.5 Å². The summed E-state index contributed by atoms with van der Waals surface area (Å²) in [5.41, 5.74) is 2.07. The zero-order chi connectivity index (χ0) is 11.7. The number of aliphatic hydroxyl groups excluding tert-OH is 1. The van der Waals surface area contributed by atoms with E-state index in [2.05, 4.69) is 31.9 Å². The third-order valence-corrected chi connectivity index (χ3v) is 5.18. The first-order valence-electron chi connectivity index (χ1n) is 4.76. The summed E-state index contributed by atoms with van der Waals surface area (Å²) in [5, 5.41) is 12.2. The van der Waals surface area contributed by atoms with Gasteiger partial charge in [-0.15, -0.1) is 11.3 Å². The van der Waals surface area contributed by atoms with Crippen LogP contribution < -0.4 is 0 Å². The smallest absolute Gasteiger partial charge is 0.114 e. The number of rotatable bonds is 2. The van der Waals surface area contributed by atoms with Gasteiger partial charge in [-0.1, -0.05) is 28.1 Å². The molecule has 0 saturated heterocycles. The summed E-state index contributed by atoms with van der Waals surface area (Å²) in [6.45, 7) is 2.03. The molecule has 1 unspecified atom stereocenters. The van der Waals surface area contributed by atoms with Crippen molar-refractivity contribution in [2.45, 2.75) is 13.0 Å². The summed E-state index contributed by atoms with van der Waals surface area (Å²) in [6.07, 6.45) is -0.564. The van der Waals surface area contributed by atoms with Crippen LogP contribution in [0.4, 0.5) is 0 Å². The number of aliphatic hydroxyl groups is 1. The largest absolute Gasteiger partial charge is 0.383 e. The third kappa shape index (κ3) is 2.40. The van der Waals surface area contributed by atoms with E-state index in [1.165, 1.54) is 5.56 Å². The molecule has 1 atom stereocenters. The summed E-state index contributed by atoms with van der Waals surface area (Å²) < 4.78 is 1.98. The van der Waals surface area contributed by atoms with E-state index in [0.29, 0.717) is 0 Å². The Kier molecular flexibility index (Phi) is 3.85. The molecule has 2 aromatic rings. The van der Waals surface area contributed by atoms with Gasteiger partial charge in [0.05, 0.1) is 4.88 Å². The zero-order valence-corrected chi connectivity index (χ0v) is 12.6. The lowest BCUT2D eigenvalue weighted by molar-refractivity contribution is 0.223. The first-order chi connectivity index (χ1) is 7.59. The molecule has 2 rings (SSSR count). The van der Waals surface area contributed by atoms with Crippen LogP contribution in [0, 0.1) is 6.92 Å². The standard InChI is InChI=1S/C12H10Br2OS/c1-7-2-3-8(6-10(7)14)11(15)12-9(13)4-5-16-12/h2-6,11,15H,1H3. The van der Waals surface area contributed by atoms with Crippen LogP contribution in [0.5, 0.6) is 0 Å². The van der Waals surface area contributed by atoms with Crippen molar-refractivity contribution in [2.24, 2.45) is 0 Å². The Labute approximate surface area is 115 Å². The minimum atomic E-state index is -0.564. The van der Waals surface area contributed by atoms with Gasteiger partial charge in [-0.3, -0.25) is 0 Å². The molecule has 4 heteroatoms. The second kappa shape index (κ2) is 5.00. The Morgan fingerprint density at radius 1 is 1.19 bits per heavy atom. The number of halogens is 2. The second-order valence-electron chi connectivity index (χ2n) is 3.54. The molecule has 84 valence electrons. The highest BCUT2D eigenvalue weighted by Gasteiger charge is 2.15.